The molecule has 0 aliphatic carbocycles. The van der Waals surface area contributed by atoms with Gasteiger partial charge in [-0.05, 0) is 62.1 Å². The number of aryl methyl sites for hydroxylation is 2. The van der Waals surface area contributed by atoms with Crippen molar-refractivity contribution in [3.05, 3.63) is 74.1 Å². The summed E-state index contributed by atoms with van der Waals surface area (Å²) in [4.78, 5) is 12.4. The minimum atomic E-state index is -0.235. The third-order valence-corrected chi connectivity index (χ3v) is 4.99. The summed E-state index contributed by atoms with van der Waals surface area (Å²) < 4.78 is 11.6. The van der Waals surface area contributed by atoms with Crippen LogP contribution in [-0.4, -0.2) is 0 Å². The van der Waals surface area contributed by atoms with Gasteiger partial charge in [0.15, 0.2) is 0 Å². The van der Waals surface area contributed by atoms with Gasteiger partial charge in [0.2, 0.25) is 0 Å². The topological polar surface area (TPSA) is 39.4 Å². The second-order valence-electron chi connectivity index (χ2n) is 6.58. The van der Waals surface area contributed by atoms with Crippen LogP contribution in [0.3, 0.4) is 0 Å². The maximum Gasteiger partial charge on any atom is 0.339 e. The van der Waals surface area contributed by atoms with Gasteiger partial charge in [-0.2, -0.15) is 0 Å². The van der Waals surface area contributed by atoms with Crippen LogP contribution in [-0.2, 0) is 13.0 Å². The SMILES string of the molecule is CCCCc1c(C)c2ccc(OCc3ccc(Cl)cc3)c(C)c2oc1=O. The van der Waals surface area contributed by atoms with E-state index in [1.807, 2.05) is 50.2 Å². The van der Waals surface area contributed by atoms with Crippen molar-refractivity contribution in [1.82, 2.24) is 0 Å². The van der Waals surface area contributed by atoms with Crippen LogP contribution < -0.4 is 10.4 Å². The van der Waals surface area contributed by atoms with E-state index in [-0.39, 0.29) is 5.63 Å². The van der Waals surface area contributed by atoms with Gasteiger partial charge in [-0.1, -0.05) is 37.1 Å². The zero-order chi connectivity index (χ0) is 18.7. The molecule has 0 aliphatic heterocycles. The van der Waals surface area contributed by atoms with Crippen LogP contribution in [0.4, 0.5) is 0 Å². The molecule has 0 unspecified atom stereocenters. The van der Waals surface area contributed by atoms with E-state index in [9.17, 15) is 4.79 Å². The Labute approximate surface area is 158 Å². The zero-order valence-corrected chi connectivity index (χ0v) is 16.2. The summed E-state index contributed by atoms with van der Waals surface area (Å²) in [6, 6.07) is 11.5. The fourth-order valence-corrected chi connectivity index (χ4v) is 3.24. The average Bonchev–Trinajstić information content (AvgIpc) is 2.63. The van der Waals surface area contributed by atoms with Gasteiger partial charge >= 0.3 is 5.63 Å². The Kier molecular flexibility index (Phi) is 5.67. The smallest absolute Gasteiger partial charge is 0.339 e. The lowest BCUT2D eigenvalue weighted by atomic mass is 10.00. The van der Waals surface area contributed by atoms with E-state index in [1.54, 1.807) is 0 Å². The van der Waals surface area contributed by atoms with Gasteiger partial charge in [0, 0.05) is 21.5 Å². The molecule has 0 saturated carbocycles. The van der Waals surface area contributed by atoms with Gasteiger partial charge in [0.05, 0.1) is 0 Å². The predicted octanol–water partition coefficient (Wildman–Crippen LogP) is 5.98. The van der Waals surface area contributed by atoms with Crippen LogP contribution in [0.15, 0.2) is 45.6 Å². The molecule has 0 aliphatic rings. The van der Waals surface area contributed by atoms with Crippen molar-refractivity contribution in [2.75, 3.05) is 0 Å². The molecule has 0 spiro atoms. The number of hydrogen-bond acceptors (Lipinski definition) is 3. The van der Waals surface area contributed by atoms with Crippen LogP contribution in [0.1, 0.15) is 42.0 Å². The average molecular weight is 371 g/mol. The lowest BCUT2D eigenvalue weighted by Crippen LogP contribution is -2.11. The monoisotopic (exact) mass is 370 g/mol. The molecule has 0 N–H and O–H groups in total. The molecule has 0 atom stereocenters. The van der Waals surface area contributed by atoms with Gasteiger partial charge in [0.25, 0.3) is 0 Å². The molecule has 3 nitrogen and oxygen atoms in total. The number of fused-ring (bicyclic) bond motifs is 1. The van der Waals surface area contributed by atoms with Crippen molar-refractivity contribution in [3.8, 4) is 5.75 Å². The Bertz CT molecular complexity index is 971. The summed E-state index contributed by atoms with van der Waals surface area (Å²) in [6.45, 7) is 6.47. The lowest BCUT2D eigenvalue weighted by molar-refractivity contribution is 0.304. The van der Waals surface area contributed by atoms with E-state index in [4.69, 9.17) is 20.8 Å². The van der Waals surface area contributed by atoms with Crippen LogP contribution in [0.2, 0.25) is 5.02 Å². The Hall–Kier alpha value is -2.26. The molecule has 0 saturated heterocycles. The fourth-order valence-electron chi connectivity index (χ4n) is 3.11. The summed E-state index contributed by atoms with van der Waals surface area (Å²) in [5, 5.41) is 1.68. The molecule has 2 aromatic carbocycles. The first-order valence-corrected chi connectivity index (χ1v) is 9.32. The number of hydrogen-bond donors (Lipinski definition) is 0. The van der Waals surface area contributed by atoms with E-state index in [2.05, 4.69) is 6.92 Å². The highest BCUT2D eigenvalue weighted by Crippen LogP contribution is 2.30. The fraction of sp³-hybridized carbons (Fsp3) is 0.318. The van der Waals surface area contributed by atoms with Gasteiger partial charge in [-0.3, -0.25) is 0 Å². The third kappa shape index (κ3) is 3.78. The number of benzene rings is 2. The van der Waals surface area contributed by atoms with Gasteiger partial charge in [0.1, 0.15) is 17.9 Å². The lowest BCUT2D eigenvalue weighted by Gasteiger charge is -2.13. The summed E-state index contributed by atoms with van der Waals surface area (Å²) in [6.07, 6.45) is 2.79. The van der Waals surface area contributed by atoms with Crippen molar-refractivity contribution < 1.29 is 9.15 Å². The minimum Gasteiger partial charge on any atom is -0.488 e. The highest BCUT2D eigenvalue weighted by atomic mass is 35.5. The molecule has 1 aromatic heterocycles. The Morgan fingerprint density at radius 3 is 2.46 bits per heavy atom. The van der Waals surface area contributed by atoms with Gasteiger partial charge < -0.3 is 9.15 Å². The Balaban J connectivity index is 1.92. The summed E-state index contributed by atoms with van der Waals surface area (Å²) in [5.74, 6) is 0.719. The van der Waals surface area contributed by atoms with E-state index >= 15 is 0 Å². The highest BCUT2D eigenvalue weighted by Gasteiger charge is 2.15. The molecule has 136 valence electrons. The van der Waals surface area contributed by atoms with Crippen molar-refractivity contribution in [2.24, 2.45) is 0 Å². The molecule has 1 heterocycles. The molecule has 3 aromatic rings. The molecule has 3 rings (SSSR count). The van der Waals surface area contributed by atoms with Crippen molar-refractivity contribution in [3.63, 3.8) is 0 Å². The number of halogens is 1. The third-order valence-electron chi connectivity index (χ3n) is 4.74. The van der Waals surface area contributed by atoms with Crippen LogP contribution in [0, 0.1) is 13.8 Å². The number of rotatable bonds is 6. The normalized spacial score (nSPS) is 11.1. The molecule has 0 amide bonds. The largest absolute Gasteiger partial charge is 0.488 e. The minimum absolute atomic E-state index is 0.235. The maximum absolute atomic E-state index is 12.4. The molecule has 26 heavy (non-hydrogen) atoms. The Morgan fingerprint density at radius 1 is 1.04 bits per heavy atom. The first-order valence-electron chi connectivity index (χ1n) is 8.94. The number of unbranched alkanes of at least 4 members (excludes halogenated alkanes) is 1. The van der Waals surface area contributed by atoms with Crippen LogP contribution in [0.5, 0.6) is 5.75 Å². The molecular weight excluding hydrogens is 348 g/mol. The molecule has 0 bridgehead atoms. The predicted molar refractivity (Wildman–Crippen MR) is 106 cm³/mol. The van der Waals surface area contributed by atoms with Crippen LogP contribution in [0.25, 0.3) is 11.0 Å². The van der Waals surface area contributed by atoms with Crippen LogP contribution >= 0.6 is 11.6 Å². The quantitative estimate of drug-likeness (QED) is 0.500. The first-order chi connectivity index (χ1) is 12.5. The standard InChI is InChI=1S/C22H23ClO3/c1-4-5-6-19-14(2)18-11-12-20(15(3)21(18)26-22(19)24)25-13-16-7-9-17(23)10-8-16/h7-12H,4-6,13H2,1-3H3. The molecule has 0 radical (unpaired) electrons. The van der Waals surface area contributed by atoms with Crippen molar-refractivity contribution in [1.29, 1.82) is 0 Å². The summed E-state index contributed by atoms with van der Waals surface area (Å²) in [5.41, 5.74) is 4.05. The highest BCUT2D eigenvalue weighted by molar-refractivity contribution is 6.30. The molecule has 0 fully saturated rings. The van der Waals surface area contributed by atoms with E-state index in [0.29, 0.717) is 17.2 Å². The van der Waals surface area contributed by atoms with E-state index in [0.717, 1.165) is 52.7 Å². The van der Waals surface area contributed by atoms with Crippen molar-refractivity contribution in [2.45, 2.75) is 46.6 Å². The molecular formula is C22H23ClO3. The maximum atomic E-state index is 12.4. The van der Waals surface area contributed by atoms with Crippen molar-refractivity contribution >= 4 is 22.6 Å². The van der Waals surface area contributed by atoms with Gasteiger partial charge in [-0.25, -0.2) is 4.79 Å². The second kappa shape index (κ2) is 7.96. The van der Waals surface area contributed by atoms with Gasteiger partial charge in [-0.15, -0.1) is 0 Å². The first kappa shape index (κ1) is 18.5. The van der Waals surface area contributed by atoms with E-state index < -0.39 is 0 Å². The van der Waals surface area contributed by atoms with E-state index in [1.165, 1.54) is 0 Å². The second-order valence-corrected chi connectivity index (χ2v) is 7.01. The summed E-state index contributed by atoms with van der Waals surface area (Å²) in [7, 11) is 0. The number of ether oxygens (including phenoxy) is 1. The Morgan fingerprint density at radius 2 is 1.77 bits per heavy atom. The zero-order valence-electron chi connectivity index (χ0n) is 15.4. The molecule has 4 heteroatoms. The summed E-state index contributed by atoms with van der Waals surface area (Å²) >= 11 is 5.91.